The fraction of sp³-hybridized carbons (Fsp3) is 0. The first-order valence-corrected chi connectivity index (χ1v) is 0. The summed E-state index contributed by atoms with van der Waals surface area (Å²) >= 11 is 0. The van der Waals surface area contributed by atoms with E-state index in [9.17, 15) is 0 Å². The second-order valence-electron chi connectivity index (χ2n) is 0. The van der Waals surface area contributed by atoms with Crippen molar-refractivity contribution in [1.82, 2.24) is 0 Å². The van der Waals surface area contributed by atoms with Crippen LogP contribution in [0.3, 0.4) is 0 Å². The summed E-state index contributed by atoms with van der Waals surface area (Å²) in [5, 5.41) is 0. The molecule has 4 heteroatoms. The van der Waals surface area contributed by atoms with Crippen molar-refractivity contribution in [2.24, 2.45) is 0 Å². The van der Waals surface area contributed by atoms with E-state index in [-0.39, 0.29) is 88.8 Å². The number of hydrogen-bond acceptors (Lipinski definition) is 0. The van der Waals surface area contributed by atoms with Crippen LogP contribution in [-0.2, 0) is 0 Å². The quantitative estimate of drug-likeness (QED) is 0.423. The second-order valence-corrected chi connectivity index (χ2v) is 0. The first kappa shape index (κ1) is 31.4. The predicted molar refractivity (Wildman–Crippen MR) is 3.61 cm³/mol. The Morgan fingerprint density at radius 1 is 0.750 bits per heavy atom. The molecule has 0 aliphatic carbocycles. The van der Waals surface area contributed by atoms with Gasteiger partial charge in [0.1, 0.15) is 0 Å². The van der Waals surface area contributed by atoms with Crippen molar-refractivity contribution in [2.75, 3.05) is 0 Å². The zero-order valence-electron chi connectivity index (χ0n) is 1.63. The summed E-state index contributed by atoms with van der Waals surface area (Å²) < 4.78 is 0. The van der Waals surface area contributed by atoms with Crippen molar-refractivity contribution in [3.05, 3.63) is 0 Å². The van der Waals surface area contributed by atoms with E-state index < -0.39 is 0 Å². The number of hydrogen-bond donors (Lipinski definition) is 0. The van der Waals surface area contributed by atoms with Crippen molar-refractivity contribution in [3.63, 3.8) is 0 Å². The number of halogens is 2. The Bertz CT molecular complexity index is 6.00. The molecule has 0 spiro atoms. The van der Waals surface area contributed by atoms with Crippen LogP contribution in [0.15, 0.2) is 0 Å². The van der Waals surface area contributed by atoms with Gasteiger partial charge in [-0.3, -0.25) is 0 Å². The third-order valence-corrected chi connectivity index (χ3v) is 0. The molecule has 0 saturated carbocycles. The van der Waals surface area contributed by atoms with Crippen molar-refractivity contribution < 1.29 is 88.8 Å². The molecule has 0 saturated heterocycles. The summed E-state index contributed by atoms with van der Waals surface area (Å²) in [5.41, 5.74) is 0. The SMILES string of the molecule is O.[Br-].[Br-].[Eu+2]. The van der Waals surface area contributed by atoms with E-state index in [0.29, 0.717) is 0 Å². The summed E-state index contributed by atoms with van der Waals surface area (Å²) in [6, 6.07) is 0. The van der Waals surface area contributed by atoms with E-state index in [1.165, 1.54) is 0 Å². The van der Waals surface area contributed by atoms with Crippen LogP contribution in [0, 0.1) is 49.4 Å². The third kappa shape index (κ3) is 8.82. The summed E-state index contributed by atoms with van der Waals surface area (Å²) in [5.74, 6) is 0. The first-order chi connectivity index (χ1) is 0. The Morgan fingerprint density at radius 3 is 0.750 bits per heavy atom. The maximum atomic E-state index is 0. The van der Waals surface area contributed by atoms with E-state index in [4.69, 9.17) is 0 Å². The van der Waals surface area contributed by atoms with Crippen molar-refractivity contribution in [2.45, 2.75) is 0 Å². The van der Waals surface area contributed by atoms with Gasteiger partial charge in [0.25, 0.3) is 0 Å². The molecule has 0 aliphatic rings. The van der Waals surface area contributed by atoms with Crippen LogP contribution in [0.2, 0.25) is 0 Å². The molecule has 1 nitrogen and oxygen atoms in total. The molecule has 0 atom stereocenters. The van der Waals surface area contributed by atoms with Gasteiger partial charge in [0.05, 0.1) is 0 Å². The van der Waals surface area contributed by atoms with Crippen LogP contribution >= 0.6 is 0 Å². The molecule has 4 heavy (non-hydrogen) atoms. The summed E-state index contributed by atoms with van der Waals surface area (Å²) in [6.45, 7) is 0. The fourth-order valence-electron chi connectivity index (χ4n) is 0. The van der Waals surface area contributed by atoms with Gasteiger partial charge in [-0.2, -0.15) is 0 Å². The Kier molecular flexibility index (Phi) is 140. The van der Waals surface area contributed by atoms with Crippen LogP contribution in [0.25, 0.3) is 0 Å². The molecule has 0 aromatic heterocycles. The minimum atomic E-state index is 0. The van der Waals surface area contributed by atoms with Gasteiger partial charge in [0, 0.05) is 0 Å². The minimum absolute atomic E-state index is 0. The molecule has 0 heterocycles. The van der Waals surface area contributed by atoms with Gasteiger partial charge < -0.3 is 39.4 Å². The summed E-state index contributed by atoms with van der Waals surface area (Å²) in [4.78, 5) is 0. The molecule has 0 aromatic rings. The molecule has 1 radical (unpaired) electrons. The van der Waals surface area contributed by atoms with Gasteiger partial charge in [0.15, 0.2) is 0 Å². The number of rotatable bonds is 0. The van der Waals surface area contributed by atoms with E-state index >= 15 is 0 Å². The molecular weight excluding hydrogens is 328 g/mol. The minimum Gasteiger partial charge on any atom is -1.00 e. The topological polar surface area (TPSA) is 31.5 Å². The molecule has 0 aromatic carbocycles. The normalized spacial score (nSPS) is 0. The first-order valence-electron chi connectivity index (χ1n) is 0. The van der Waals surface area contributed by atoms with Gasteiger partial charge in [0.2, 0.25) is 0 Å². The summed E-state index contributed by atoms with van der Waals surface area (Å²) in [7, 11) is 0. The molecular formula is H2Br2EuO. The molecule has 29 valence electrons. The van der Waals surface area contributed by atoms with Crippen LogP contribution in [-0.4, -0.2) is 5.48 Å². The van der Waals surface area contributed by atoms with Gasteiger partial charge >= 0.3 is 49.4 Å². The van der Waals surface area contributed by atoms with Crippen LogP contribution in [0.5, 0.6) is 0 Å². The summed E-state index contributed by atoms with van der Waals surface area (Å²) in [6.07, 6.45) is 0. The molecule has 0 aliphatic heterocycles. The van der Waals surface area contributed by atoms with Crippen molar-refractivity contribution in [3.8, 4) is 0 Å². The van der Waals surface area contributed by atoms with Crippen molar-refractivity contribution in [1.29, 1.82) is 0 Å². The zero-order valence-corrected chi connectivity index (χ0v) is 7.23. The third-order valence-electron chi connectivity index (χ3n) is 0. The van der Waals surface area contributed by atoms with Gasteiger partial charge in [-0.1, -0.05) is 0 Å². The van der Waals surface area contributed by atoms with E-state index in [1.54, 1.807) is 0 Å². The Hall–Kier alpha value is 2.50. The average molecular weight is 330 g/mol. The maximum Gasteiger partial charge on any atom is 2.00 e. The van der Waals surface area contributed by atoms with Crippen molar-refractivity contribution >= 4 is 0 Å². The molecule has 0 rings (SSSR count). The second kappa shape index (κ2) is 17.8. The van der Waals surface area contributed by atoms with Crippen LogP contribution in [0.1, 0.15) is 0 Å². The zero-order chi connectivity index (χ0) is 0. The molecule has 0 fully saturated rings. The molecule has 2 N–H and O–H groups in total. The standard InChI is InChI=1S/2BrH.Eu.H2O/h2*1H;;1H2/q;;+2;/p-2. The fourth-order valence-corrected chi connectivity index (χ4v) is 0. The van der Waals surface area contributed by atoms with Gasteiger partial charge in [-0.05, 0) is 0 Å². The monoisotopic (exact) mass is 329 g/mol. The maximum absolute atomic E-state index is 0. The molecule has 0 amide bonds. The average Bonchev–Trinajstić information content (AvgIpc) is 0. The van der Waals surface area contributed by atoms with Crippen LogP contribution < -0.4 is 34.0 Å². The molecule has 0 unspecified atom stereocenters. The van der Waals surface area contributed by atoms with E-state index in [2.05, 4.69) is 0 Å². The largest absolute Gasteiger partial charge is 2.00 e. The van der Waals surface area contributed by atoms with Gasteiger partial charge in [-0.25, -0.2) is 0 Å². The van der Waals surface area contributed by atoms with Gasteiger partial charge in [-0.15, -0.1) is 0 Å². The molecule has 0 bridgehead atoms. The predicted octanol–water partition coefficient (Wildman–Crippen LogP) is -6.82. The Balaban J connectivity index is 0. The van der Waals surface area contributed by atoms with E-state index in [0.717, 1.165) is 0 Å². The Labute approximate surface area is 86.9 Å². The Morgan fingerprint density at radius 2 is 0.750 bits per heavy atom. The smallest absolute Gasteiger partial charge is 1.00 e. The van der Waals surface area contributed by atoms with Crippen LogP contribution in [0.4, 0.5) is 0 Å². The van der Waals surface area contributed by atoms with E-state index in [1.807, 2.05) is 0 Å².